The first-order chi connectivity index (χ1) is 9.01. The minimum Gasteiger partial charge on any atom is -0.465 e. The van der Waals surface area contributed by atoms with E-state index in [1.54, 1.807) is 0 Å². The van der Waals surface area contributed by atoms with E-state index in [1.807, 2.05) is 0 Å². The van der Waals surface area contributed by atoms with Crippen LogP contribution in [0.5, 0.6) is 0 Å². The molecule has 1 heterocycles. The van der Waals surface area contributed by atoms with Gasteiger partial charge in [-0.05, 0) is 0 Å². The number of carbonyl (C=O) groups excluding carboxylic acids is 3. The van der Waals surface area contributed by atoms with Gasteiger partial charge in [-0.2, -0.15) is 0 Å². The van der Waals surface area contributed by atoms with E-state index in [4.69, 9.17) is 20.4 Å². The molecule has 0 unspecified atom stereocenters. The Hall–Kier alpha value is -1.76. The molecule has 139 valence electrons. The molecule has 23 heavy (non-hydrogen) atoms. The first-order valence-electron chi connectivity index (χ1n) is 4.92. The molecule has 1 aliphatic heterocycles. The number of ether oxygens (including phenoxy) is 3. The minimum atomic E-state index is -0.893. The molecule has 1 aliphatic rings. The zero-order valence-electron chi connectivity index (χ0n) is 11.0. The van der Waals surface area contributed by atoms with E-state index in [1.165, 1.54) is 0 Å². The number of rotatable bonds is 4. The summed E-state index contributed by atoms with van der Waals surface area (Å²) in [5.74, 6) is -1.85. The summed E-state index contributed by atoms with van der Waals surface area (Å²) in [6.45, 7) is -2.23. The van der Waals surface area contributed by atoms with E-state index in [2.05, 4.69) is 14.2 Å². The Balaban J connectivity index is -0.0000000515. The van der Waals surface area contributed by atoms with Crippen molar-refractivity contribution in [2.24, 2.45) is 0 Å². The van der Waals surface area contributed by atoms with Crippen LogP contribution in [0, 0.1) is 0 Å². The van der Waals surface area contributed by atoms with Crippen LogP contribution in [0.4, 0.5) is 4.70 Å². The number of hydrogen-bond acceptors (Lipinski definition) is 10. The van der Waals surface area contributed by atoms with Crippen LogP contribution in [0.1, 0.15) is 21.3 Å². The van der Waals surface area contributed by atoms with Crippen LogP contribution in [-0.2, 0) is 28.6 Å². The van der Waals surface area contributed by atoms with Gasteiger partial charge in [-0.1, -0.05) is 14.9 Å². The van der Waals surface area contributed by atoms with Gasteiger partial charge in [0.25, 0.3) is 0 Å². The van der Waals surface area contributed by atoms with Crippen molar-refractivity contribution in [1.82, 2.24) is 0 Å². The molecule has 1 fully saturated rings. The Kier molecular flexibility index (Phi) is 46.3. The quantitative estimate of drug-likeness (QED) is 0.252. The summed E-state index contributed by atoms with van der Waals surface area (Å²) in [5.41, 5.74) is 0. The molecule has 0 spiro atoms. The second kappa shape index (κ2) is 28.4. The first kappa shape index (κ1) is 37.5. The fourth-order valence-electron chi connectivity index (χ4n) is 0.438. The molecular formula is C11H25BFO10. The van der Waals surface area contributed by atoms with Crippen LogP contribution < -0.4 is 0 Å². The number of aliphatic hydroxyl groups excluding tert-OH is 3. The Morgan fingerprint density at radius 1 is 1.00 bits per heavy atom. The third-order valence-corrected chi connectivity index (χ3v) is 1.27. The van der Waals surface area contributed by atoms with Gasteiger partial charge in [-0.25, -0.2) is 9.59 Å². The molecule has 0 aromatic rings. The summed E-state index contributed by atoms with van der Waals surface area (Å²) in [7, 11) is 0. The Morgan fingerprint density at radius 3 is 1.39 bits per heavy atom. The van der Waals surface area contributed by atoms with Gasteiger partial charge < -0.3 is 34.6 Å². The Bertz CT molecular complexity index is 256. The first-order valence-corrected chi connectivity index (χ1v) is 4.92. The van der Waals surface area contributed by atoms with Crippen LogP contribution in [0.15, 0.2) is 0 Å². The molecule has 4 N–H and O–H groups in total. The van der Waals surface area contributed by atoms with Crippen LogP contribution in [-0.4, -0.2) is 80.2 Å². The lowest BCUT2D eigenvalue weighted by molar-refractivity contribution is -0.170. The van der Waals surface area contributed by atoms with Gasteiger partial charge in [0, 0.05) is 8.41 Å². The largest absolute Gasteiger partial charge is 0.465 e. The summed E-state index contributed by atoms with van der Waals surface area (Å²) in [6, 6.07) is 0. The average molecular weight is 347 g/mol. The zero-order chi connectivity index (χ0) is 15.1. The van der Waals surface area contributed by atoms with Crippen molar-refractivity contribution < 1.29 is 53.7 Å². The third kappa shape index (κ3) is 33.2. The summed E-state index contributed by atoms with van der Waals surface area (Å²) in [6.07, 6.45) is 0.625. The van der Waals surface area contributed by atoms with Crippen LogP contribution in [0.2, 0.25) is 0 Å². The second-order valence-electron chi connectivity index (χ2n) is 2.58. The van der Waals surface area contributed by atoms with Crippen molar-refractivity contribution in [3.63, 3.8) is 0 Å². The number of carbonyl (C=O) groups is 3. The highest BCUT2D eigenvalue weighted by Gasteiger charge is 2.11. The normalized spacial score (nSPS) is 9.48. The zero-order valence-corrected chi connectivity index (χ0v) is 11.0. The molecule has 0 amide bonds. The molecule has 0 aromatic heterocycles. The van der Waals surface area contributed by atoms with E-state index in [0.29, 0.717) is 13.0 Å². The van der Waals surface area contributed by atoms with Gasteiger partial charge in [0.05, 0.1) is 6.42 Å². The predicted octanol–water partition coefficient (Wildman–Crippen LogP) is -2.08. The van der Waals surface area contributed by atoms with Gasteiger partial charge >= 0.3 is 17.9 Å². The topological polar surface area (TPSA) is 160 Å². The van der Waals surface area contributed by atoms with E-state index in [0.717, 1.165) is 0 Å². The molecule has 0 atom stereocenters. The van der Waals surface area contributed by atoms with Crippen LogP contribution in [0.25, 0.3) is 0 Å². The average Bonchev–Trinajstić information content (AvgIpc) is 2.37. The van der Waals surface area contributed by atoms with Crippen molar-refractivity contribution in [1.29, 1.82) is 0 Å². The van der Waals surface area contributed by atoms with E-state index >= 15 is 0 Å². The highest BCUT2D eigenvalue weighted by atomic mass is 19.0. The molecule has 0 saturated carbocycles. The maximum Gasteiger partial charge on any atom is 0.334 e. The molecule has 0 aliphatic carbocycles. The van der Waals surface area contributed by atoms with Crippen molar-refractivity contribution >= 4 is 26.3 Å². The SMILES string of the molecule is C.C.F.O=C(CO)OCOC(=O)CO.O=C1CCO1.OCO.[B]. The lowest BCUT2D eigenvalue weighted by Crippen LogP contribution is -2.18. The molecule has 0 aromatic carbocycles. The molecular weight excluding hydrogens is 322 g/mol. The standard InChI is InChI=1S/C5H8O6.C3H4O2.CH4O2.2CH4.B.FH/c6-1-4(8)10-3-11-5(9)2-7;4-3-1-2-5-3;2-1-3;;;;/h6-7H,1-3H2;1-2H2;2-3H,1H2;2*1H4;;1H. The predicted molar refractivity (Wildman–Crippen MR) is 77.8 cm³/mol. The summed E-state index contributed by atoms with van der Waals surface area (Å²) >= 11 is 0. The van der Waals surface area contributed by atoms with E-state index < -0.39 is 38.7 Å². The summed E-state index contributed by atoms with van der Waals surface area (Å²) in [5, 5.41) is 30.4. The third-order valence-electron chi connectivity index (χ3n) is 1.27. The molecule has 10 nitrogen and oxygen atoms in total. The molecule has 12 heteroatoms. The Labute approximate surface area is 135 Å². The van der Waals surface area contributed by atoms with Gasteiger partial charge in [0.2, 0.25) is 6.79 Å². The van der Waals surface area contributed by atoms with E-state index in [-0.39, 0.29) is 33.9 Å². The molecule has 1 rings (SSSR count). The molecule has 0 bridgehead atoms. The minimum absolute atomic E-state index is 0. The smallest absolute Gasteiger partial charge is 0.334 e. The highest BCUT2D eigenvalue weighted by Crippen LogP contribution is 1.97. The van der Waals surface area contributed by atoms with Gasteiger partial charge in [0.15, 0.2) is 0 Å². The number of cyclic esters (lactones) is 1. The van der Waals surface area contributed by atoms with Crippen molar-refractivity contribution in [3.05, 3.63) is 0 Å². The maximum absolute atomic E-state index is 10.2. The van der Waals surface area contributed by atoms with Crippen molar-refractivity contribution in [2.75, 3.05) is 33.4 Å². The number of halogens is 1. The molecule has 3 radical (unpaired) electrons. The van der Waals surface area contributed by atoms with Gasteiger partial charge in [0.1, 0.15) is 26.6 Å². The fraction of sp³-hybridized carbons (Fsp3) is 0.727. The second-order valence-corrected chi connectivity index (χ2v) is 2.58. The molecule has 1 saturated heterocycles. The Morgan fingerprint density at radius 2 is 1.26 bits per heavy atom. The summed E-state index contributed by atoms with van der Waals surface area (Å²) in [4.78, 5) is 30.0. The fourth-order valence-corrected chi connectivity index (χ4v) is 0.438. The van der Waals surface area contributed by atoms with Crippen LogP contribution in [0.3, 0.4) is 0 Å². The van der Waals surface area contributed by atoms with E-state index in [9.17, 15) is 14.4 Å². The highest BCUT2D eigenvalue weighted by molar-refractivity contribution is 5.75. The number of aliphatic hydroxyl groups is 4. The van der Waals surface area contributed by atoms with Gasteiger partial charge in [-0.3, -0.25) is 9.50 Å². The lowest BCUT2D eigenvalue weighted by atomic mass is 10.4. The number of hydrogen-bond donors (Lipinski definition) is 4. The van der Waals surface area contributed by atoms with Gasteiger partial charge in [-0.15, -0.1) is 0 Å². The lowest BCUT2D eigenvalue weighted by Gasteiger charge is -2.09. The van der Waals surface area contributed by atoms with Crippen LogP contribution >= 0.6 is 0 Å². The monoisotopic (exact) mass is 347 g/mol. The maximum atomic E-state index is 10.2. The van der Waals surface area contributed by atoms with Crippen molar-refractivity contribution in [2.45, 2.75) is 21.3 Å². The number of esters is 3. The van der Waals surface area contributed by atoms with Crippen molar-refractivity contribution in [3.8, 4) is 0 Å². The summed E-state index contributed by atoms with van der Waals surface area (Å²) < 4.78 is 12.5.